The normalized spacial score (nSPS) is 11.8. The Bertz CT molecular complexity index is 653. The van der Waals surface area contributed by atoms with Crippen molar-refractivity contribution < 1.29 is 9.53 Å². The second-order valence-corrected chi connectivity index (χ2v) is 5.81. The largest absolute Gasteiger partial charge is 0.481 e. The Morgan fingerprint density at radius 2 is 1.86 bits per heavy atom. The van der Waals surface area contributed by atoms with Gasteiger partial charge in [-0.3, -0.25) is 4.79 Å². The van der Waals surface area contributed by atoms with E-state index >= 15 is 0 Å². The zero-order chi connectivity index (χ0) is 16.1. The minimum atomic E-state index is -0.548. The molecule has 0 fully saturated rings. The van der Waals surface area contributed by atoms with Crippen LogP contribution in [0.4, 0.5) is 0 Å². The molecule has 4 heteroatoms. The van der Waals surface area contributed by atoms with Crippen LogP contribution in [0.3, 0.4) is 0 Å². The number of benzene rings is 2. The van der Waals surface area contributed by atoms with Crippen molar-refractivity contribution in [2.75, 3.05) is 0 Å². The molecule has 0 saturated carbocycles. The van der Waals surface area contributed by atoms with E-state index in [-0.39, 0.29) is 5.91 Å². The van der Waals surface area contributed by atoms with Crippen LogP contribution < -0.4 is 10.1 Å². The van der Waals surface area contributed by atoms with Crippen LogP contribution in [0.25, 0.3) is 0 Å². The van der Waals surface area contributed by atoms with E-state index in [9.17, 15) is 4.79 Å². The molecule has 0 aliphatic heterocycles. The van der Waals surface area contributed by atoms with Crippen molar-refractivity contribution in [2.45, 2.75) is 33.4 Å². The van der Waals surface area contributed by atoms with Gasteiger partial charge < -0.3 is 10.1 Å². The lowest BCUT2D eigenvalue weighted by molar-refractivity contribution is -0.127. The average Bonchev–Trinajstić information content (AvgIpc) is 2.50. The molecule has 0 aliphatic rings. The van der Waals surface area contributed by atoms with E-state index in [2.05, 4.69) is 5.32 Å². The fourth-order valence-corrected chi connectivity index (χ4v) is 2.14. The van der Waals surface area contributed by atoms with Crippen LogP contribution in [0.1, 0.15) is 23.6 Å². The van der Waals surface area contributed by atoms with Gasteiger partial charge in [-0.15, -0.1) is 0 Å². The topological polar surface area (TPSA) is 38.3 Å². The monoisotopic (exact) mass is 317 g/mol. The van der Waals surface area contributed by atoms with Gasteiger partial charge >= 0.3 is 0 Å². The van der Waals surface area contributed by atoms with Crippen molar-refractivity contribution in [2.24, 2.45) is 0 Å². The molecule has 0 aromatic heterocycles. The highest BCUT2D eigenvalue weighted by molar-refractivity contribution is 6.30. The molecule has 2 aromatic carbocycles. The molecule has 0 unspecified atom stereocenters. The molecule has 2 aromatic rings. The second kappa shape index (κ2) is 7.32. The molecule has 3 nitrogen and oxygen atoms in total. The summed E-state index contributed by atoms with van der Waals surface area (Å²) in [6.45, 7) is 6.17. The van der Waals surface area contributed by atoms with Crippen molar-refractivity contribution in [3.8, 4) is 5.75 Å². The number of amides is 1. The van der Waals surface area contributed by atoms with E-state index in [1.165, 1.54) is 0 Å². The molecule has 116 valence electrons. The third kappa shape index (κ3) is 4.50. The summed E-state index contributed by atoms with van der Waals surface area (Å²) in [6, 6.07) is 13.3. The van der Waals surface area contributed by atoms with E-state index in [1.807, 2.05) is 44.2 Å². The van der Waals surface area contributed by atoms with E-state index < -0.39 is 6.10 Å². The lowest BCUT2D eigenvalue weighted by Crippen LogP contribution is -2.36. The zero-order valence-corrected chi connectivity index (χ0v) is 13.8. The summed E-state index contributed by atoms with van der Waals surface area (Å²) in [5.74, 6) is 0.602. The van der Waals surface area contributed by atoms with Crippen LogP contribution in [-0.2, 0) is 11.3 Å². The number of ether oxygens (including phenoxy) is 1. The lowest BCUT2D eigenvalue weighted by Gasteiger charge is -2.16. The van der Waals surface area contributed by atoms with Gasteiger partial charge in [0.05, 0.1) is 0 Å². The molecule has 1 atom stereocenters. The standard InChI is InChI=1S/C18H20ClNO2/c1-12-4-5-13(2)17(10-12)22-14(3)18(21)20-11-15-6-8-16(19)9-7-15/h4-10,14H,11H2,1-3H3,(H,20,21)/t14-/m1/s1. The number of rotatable bonds is 5. The Morgan fingerprint density at radius 1 is 1.18 bits per heavy atom. The number of carbonyl (C=O) groups is 1. The van der Waals surface area contributed by atoms with Gasteiger partial charge in [0.25, 0.3) is 5.91 Å². The highest BCUT2D eigenvalue weighted by atomic mass is 35.5. The highest BCUT2D eigenvalue weighted by Crippen LogP contribution is 2.20. The molecule has 2 rings (SSSR count). The predicted octanol–water partition coefficient (Wildman–Crippen LogP) is 4.04. The molecule has 0 heterocycles. The van der Waals surface area contributed by atoms with Crippen LogP contribution in [0.5, 0.6) is 5.75 Å². The van der Waals surface area contributed by atoms with Crippen LogP contribution in [0, 0.1) is 13.8 Å². The van der Waals surface area contributed by atoms with Crippen LogP contribution in [0.2, 0.25) is 5.02 Å². The van der Waals surface area contributed by atoms with Crippen molar-refractivity contribution in [3.63, 3.8) is 0 Å². The molecule has 0 radical (unpaired) electrons. The smallest absolute Gasteiger partial charge is 0.261 e. The first-order chi connectivity index (χ1) is 10.5. The number of hydrogen-bond donors (Lipinski definition) is 1. The lowest BCUT2D eigenvalue weighted by atomic mass is 10.1. The third-order valence-corrected chi connectivity index (χ3v) is 3.65. The average molecular weight is 318 g/mol. The van der Waals surface area contributed by atoms with Crippen molar-refractivity contribution >= 4 is 17.5 Å². The van der Waals surface area contributed by atoms with Gasteiger partial charge in [0, 0.05) is 11.6 Å². The Labute approximate surface area is 136 Å². The summed E-state index contributed by atoms with van der Waals surface area (Å²) < 4.78 is 5.76. The van der Waals surface area contributed by atoms with Crippen LogP contribution in [0.15, 0.2) is 42.5 Å². The Kier molecular flexibility index (Phi) is 5.45. The minimum Gasteiger partial charge on any atom is -0.481 e. The van der Waals surface area contributed by atoms with Gasteiger partial charge in [-0.25, -0.2) is 0 Å². The number of hydrogen-bond acceptors (Lipinski definition) is 2. The van der Waals surface area contributed by atoms with Crippen molar-refractivity contribution in [1.29, 1.82) is 0 Å². The maximum Gasteiger partial charge on any atom is 0.261 e. The Morgan fingerprint density at radius 3 is 2.55 bits per heavy atom. The fraction of sp³-hybridized carbons (Fsp3) is 0.278. The summed E-state index contributed by atoms with van der Waals surface area (Å²) >= 11 is 5.84. The number of aryl methyl sites for hydroxylation is 2. The molecule has 22 heavy (non-hydrogen) atoms. The predicted molar refractivity (Wildman–Crippen MR) is 89.3 cm³/mol. The van der Waals surface area contributed by atoms with E-state index in [0.717, 1.165) is 22.4 Å². The summed E-state index contributed by atoms with van der Waals surface area (Å²) in [5.41, 5.74) is 3.12. The van der Waals surface area contributed by atoms with Gasteiger partial charge in [-0.2, -0.15) is 0 Å². The zero-order valence-electron chi connectivity index (χ0n) is 13.0. The summed E-state index contributed by atoms with van der Waals surface area (Å²) in [7, 11) is 0. The van der Waals surface area contributed by atoms with Gasteiger partial charge in [0.1, 0.15) is 5.75 Å². The minimum absolute atomic E-state index is 0.143. The molecule has 0 spiro atoms. The van der Waals surface area contributed by atoms with Crippen molar-refractivity contribution in [3.05, 3.63) is 64.2 Å². The molecule has 0 aliphatic carbocycles. The van der Waals surface area contributed by atoms with E-state index in [1.54, 1.807) is 19.1 Å². The molecular formula is C18H20ClNO2. The molecule has 1 amide bonds. The highest BCUT2D eigenvalue weighted by Gasteiger charge is 2.15. The number of carbonyl (C=O) groups excluding carboxylic acids is 1. The molecular weight excluding hydrogens is 298 g/mol. The second-order valence-electron chi connectivity index (χ2n) is 5.37. The molecule has 1 N–H and O–H groups in total. The van der Waals surface area contributed by atoms with Gasteiger partial charge in [-0.1, -0.05) is 35.9 Å². The first-order valence-corrected chi connectivity index (χ1v) is 7.59. The molecule has 0 saturated heterocycles. The van der Waals surface area contributed by atoms with Gasteiger partial charge in [0.15, 0.2) is 6.10 Å². The maximum absolute atomic E-state index is 12.1. The Balaban J connectivity index is 1.91. The summed E-state index contributed by atoms with van der Waals surface area (Å²) in [6.07, 6.45) is -0.548. The summed E-state index contributed by atoms with van der Waals surface area (Å²) in [5, 5.41) is 3.55. The van der Waals surface area contributed by atoms with Gasteiger partial charge in [-0.05, 0) is 55.7 Å². The molecule has 0 bridgehead atoms. The number of halogens is 1. The van der Waals surface area contributed by atoms with Gasteiger partial charge in [0.2, 0.25) is 0 Å². The SMILES string of the molecule is Cc1ccc(C)c(O[C@H](C)C(=O)NCc2ccc(Cl)cc2)c1. The number of nitrogens with one attached hydrogen (secondary N) is 1. The third-order valence-electron chi connectivity index (χ3n) is 3.40. The fourth-order valence-electron chi connectivity index (χ4n) is 2.01. The first kappa shape index (κ1) is 16.4. The van der Waals surface area contributed by atoms with Crippen molar-refractivity contribution in [1.82, 2.24) is 5.32 Å². The quantitative estimate of drug-likeness (QED) is 0.903. The summed E-state index contributed by atoms with van der Waals surface area (Å²) in [4.78, 5) is 12.1. The first-order valence-electron chi connectivity index (χ1n) is 7.22. The maximum atomic E-state index is 12.1. The van der Waals surface area contributed by atoms with Crippen LogP contribution >= 0.6 is 11.6 Å². The van der Waals surface area contributed by atoms with E-state index in [0.29, 0.717) is 11.6 Å². The van der Waals surface area contributed by atoms with Crippen LogP contribution in [-0.4, -0.2) is 12.0 Å². The Hall–Kier alpha value is -2.00. The van der Waals surface area contributed by atoms with E-state index in [4.69, 9.17) is 16.3 Å².